The second kappa shape index (κ2) is 18.2. The van der Waals surface area contributed by atoms with Crippen molar-refractivity contribution >= 4 is 46.4 Å². The third-order valence-corrected chi connectivity index (χ3v) is 8.95. The standard InChI is InChI=1S/C21H21F3N4O4.C20H19F3N4O4/c1-20(2,31)8-7-12-10-28-11-15(13(19(30)32-3)9-17(28)25-12)27-18(29)14-5-4-6-16(26-14)21(22,23)24;1-19(2,31)7-6-11-9-27-10-14(12(18(29)30)8-16(27)24-11)26-17(28)13-4-3-5-15(25-13)20(21,22)23/h4-6,9-11,31H,7-8H2,1-3H3,(H,27,29);3-5,8-10,31H,6-7H2,1-2H3,(H,26,28)(H,29,30). The van der Waals surface area contributed by atoms with Crippen molar-refractivity contribution in [1.29, 1.82) is 0 Å². The molecule has 0 bridgehead atoms. The summed E-state index contributed by atoms with van der Waals surface area (Å²) in [5.41, 5.74) is -3.70. The van der Waals surface area contributed by atoms with Crippen molar-refractivity contribution in [3.63, 3.8) is 0 Å². The van der Waals surface area contributed by atoms with E-state index in [0.717, 1.165) is 43.5 Å². The maximum Gasteiger partial charge on any atom is 0.433 e. The first-order chi connectivity index (χ1) is 29.2. The topological polar surface area (TPSA) is 223 Å². The summed E-state index contributed by atoms with van der Waals surface area (Å²) in [5.74, 6) is -4.03. The van der Waals surface area contributed by atoms with Crippen molar-refractivity contribution in [2.24, 2.45) is 0 Å². The molecule has 6 aromatic rings. The molecule has 22 heteroatoms. The van der Waals surface area contributed by atoms with Gasteiger partial charge in [-0.25, -0.2) is 29.5 Å². The minimum atomic E-state index is -4.72. The van der Waals surface area contributed by atoms with Crippen LogP contribution in [0.3, 0.4) is 0 Å². The van der Waals surface area contributed by atoms with Gasteiger partial charge in [0.05, 0.1) is 52.2 Å². The van der Waals surface area contributed by atoms with E-state index in [9.17, 15) is 60.8 Å². The molecule has 6 heterocycles. The lowest BCUT2D eigenvalue weighted by molar-refractivity contribution is -0.142. The van der Waals surface area contributed by atoms with Crippen LogP contribution in [0.1, 0.15) is 105 Å². The van der Waals surface area contributed by atoms with Crippen LogP contribution in [0.15, 0.2) is 73.3 Å². The number of halogens is 6. The van der Waals surface area contributed by atoms with E-state index >= 15 is 0 Å². The molecule has 0 aromatic carbocycles. The Kier molecular flexibility index (Phi) is 13.6. The van der Waals surface area contributed by atoms with Crippen LogP contribution in [0.4, 0.5) is 37.7 Å². The summed E-state index contributed by atoms with van der Waals surface area (Å²) in [7, 11) is 1.16. The number of carbonyl (C=O) groups is 4. The van der Waals surface area contributed by atoms with E-state index in [2.05, 4.69) is 30.6 Å². The molecule has 16 nitrogen and oxygen atoms in total. The van der Waals surface area contributed by atoms with Crippen molar-refractivity contribution in [2.45, 2.75) is 76.9 Å². The molecule has 0 aliphatic heterocycles. The number of amides is 2. The van der Waals surface area contributed by atoms with E-state index < -0.39 is 70.1 Å². The Balaban J connectivity index is 0.000000238. The van der Waals surface area contributed by atoms with E-state index in [-0.39, 0.29) is 22.5 Å². The Morgan fingerprint density at radius 3 is 1.40 bits per heavy atom. The van der Waals surface area contributed by atoms with Gasteiger partial charge in [0.2, 0.25) is 0 Å². The van der Waals surface area contributed by atoms with Crippen LogP contribution in [-0.2, 0) is 29.9 Å². The van der Waals surface area contributed by atoms with Crippen LogP contribution in [0.25, 0.3) is 11.3 Å². The highest BCUT2D eigenvalue weighted by atomic mass is 19.4. The molecule has 0 unspecified atom stereocenters. The van der Waals surface area contributed by atoms with E-state index in [4.69, 9.17) is 4.74 Å². The molecule has 0 fully saturated rings. The van der Waals surface area contributed by atoms with Crippen molar-refractivity contribution in [3.8, 4) is 0 Å². The first kappa shape index (κ1) is 47.1. The van der Waals surface area contributed by atoms with E-state index in [1.165, 1.54) is 28.9 Å². The van der Waals surface area contributed by atoms with Gasteiger partial charge in [0.15, 0.2) is 0 Å². The van der Waals surface area contributed by atoms with Gasteiger partial charge in [0.1, 0.15) is 34.1 Å². The van der Waals surface area contributed by atoms with Gasteiger partial charge in [0.25, 0.3) is 11.8 Å². The predicted octanol–water partition coefficient (Wildman–Crippen LogP) is 6.89. The van der Waals surface area contributed by atoms with Crippen molar-refractivity contribution in [2.75, 3.05) is 17.7 Å². The maximum atomic E-state index is 12.9. The summed E-state index contributed by atoms with van der Waals surface area (Å²) >= 11 is 0. The number of hydrogen-bond donors (Lipinski definition) is 5. The number of alkyl halides is 6. The van der Waals surface area contributed by atoms with E-state index in [1.807, 2.05) is 0 Å². The number of aromatic carboxylic acids is 1. The molecule has 0 radical (unpaired) electrons. The minimum absolute atomic E-state index is 0.0139. The van der Waals surface area contributed by atoms with Gasteiger partial charge in [-0.05, 0) is 89.8 Å². The predicted molar refractivity (Wildman–Crippen MR) is 212 cm³/mol. The fourth-order valence-electron chi connectivity index (χ4n) is 5.75. The Hall–Kier alpha value is -6.94. The molecule has 0 aliphatic rings. The number of imidazole rings is 2. The molecule has 0 atom stereocenters. The Morgan fingerprint density at radius 1 is 0.635 bits per heavy atom. The lowest BCUT2D eigenvalue weighted by atomic mass is 10.0. The van der Waals surface area contributed by atoms with Crippen LogP contribution in [0, 0.1) is 0 Å². The van der Waals surface area contributed by atoms with E-state index in [0.29, 0.717) is 48.4 Å². The van der Waals surface area contributed by atoms with Gasteiger partial charge in [-0.2, -0.15) is 26.3 Å². The van der Waals surface area contributed by atoms with Crippen molar-refractivity contribution in [3.05, 3.63) is 119 Å². The Bertz CT molecular complexity index is 2680. The molecule has 6 aromatic heterocycles. The molecule has 0 saturated carbocycles. The van der Waals surface area contributed by atoms with Crippen LogP contribution >= 0.6 is 0 Å². The Labute approximate surface area is 353 Å². The number of carbonyl (C=O) groups excluding carboxylic acids is 3. The number of aryl methyl sites for hydroxylation is 2. The zero-order valence-corrected chi connectivity index (χ0v) is 34.1. The quantitative estimate of drug-likeness (QED) is 0.0626. The number of aliphatic hydroxyl groups is 2. The normalized spacial score (nSPS) is 12.1. The SMILES string of the molecule is CC(C)(O)CCc1cn2cc(NC(=O)c3cccc(C(F)(F)F)n3)c(C(=O)O)cc2n1.COC(=O)c1cc2nc(CCC(C)(C)O)cn2cc1NC(=O)c1cccc(C(F)(F)F)n1. The number of hydrogen-bond acceptors (Lipinski definition) is 11. The lowest BCUT2D eigenvalue weighted by Gasteiger charge is -2.15. The summed E-state index contributed by atoms with van der Waals surface area (Å²) in [6.07, 6.45) is -1.65. The highest BCUT2D eigenvalue weighted by Gasteiger charge is 2.34. The molecule has 6 rings (SSSR count). The van der Waals surface area contributed by atoms with Gasteiger partial charge in [-0.1, -0.05) is 12.1 Å². The number of nitrogens with zero attached hydrogens (tertiary/aromatic N) is 6. The number of aromatic nitrogens is 6. The van der Waals surface area contributed by atoms with Crippen LogP contribution in [0.2, 0.25) is 0 Å². The average Bonchev–Trinajstić information content (AvgIpc) is 3.80. The molecule has 334 valence electrons. The molecule has 63 heavy (non-hydrogen) atoms. The van der Waals surface area contributed by atoms with Gasteiger partial charge >= 0.3 is 24.3 Å². The van der Waals surface area contributed by atoms with Gasteiger partial charge < -0.3 is 39.5 Å². The molecule has 2 amide bonds. The number of nitrogens with one attached hydrogen (secondary N) is 2. The van der Waals surface area contributed by atoms with Crippen LogP contribution < -0.4 is 10.6 Å². The first-order valence-electron chi connectivity index (χ1n) is 18.7. The fourth-order valence-corrected chi connectivity index (χ4v) is 5.75. The maximum absolute atomic E-state index is 12.9. The second-order valence-corrected chi connectivity index (χ2v) is 15.3. The monoisotopic (exact) mass is 886 g/mol. The van der Waals surface area contributed by atoms with Crippen molar-refractivity contribution in [1.82, 2.24) is 28.7 Å². The smallest absolute Gasteiger partial charge is 0.433 e. The third-order valence-electron chi connectivity index (χ3n) is 8.95. The molecular weight excluding hydrogens is 846 g/mol. The number of ether oxygens (including phenoxy) is 1. The number of fused-ring (bicyclic) bond motifs is 2. The number of carboxylic acids is 1. The van der Waals surface area contributed by atoms with Crippen LogP contribution in [0.5, 0.6) is 0 Å². The number of carboxylic acid groups (broad SMARTS) is 1. The van der Waals surface area contributed by atoms with Gasteiger partial charge in [-0.15, -0.1) is 0 Å². The zero-order valence-electron chi connectivity index (χ0n) is 34.1. The fraction of sp³-hybridized carbons (Fsp3) is 0.317. The molecule has 0 saturated heterocycles. The zero-order chi connectivity index (χ0) is 46.7. The molecular formula is C41H40F6N8O8. The number of anilines is 2. The van der Waals surface area contributed by atoms with Crippen molar-refractivity contribution < 1.29 is 65.6 Å². The highest BCUT2D eigenvalue weighted by molar-refractivity contribution is 6.08. The molecule has 0 aliphatic carbocycles. The molecule has 5 N–H and O–H groups in total. The van der Waals surface area contributed by atoms with E-state index in [1.54, 1.807) is 44.5 Å². The van der Waals surface area contributed by atoms with Gasteiger partial charge in [0, 0.05) is 24.8 Å². The number of esters is 1. The average molecular weight is 887 g/mol. The first-order valence-corrected chi connectivity index (χ1v) is 18.7. The Morgan fingerprint density at radius 2 is 1.03 bits per heavy atom. The van der Waals surface area contributed by atoms with Gasteiger partial charge in [-0.3, -0.25) is 9.59 Å². The summed E-state index contributed by atoms with van der Waals surface area (Å²) in [4.78, 5) is 64.3. The third kappa shape index (κ3) is 12.6. The number of methoxy groups -OCH3 is 1. The number of pyridine rings is 4. The summed E-state index contributed by atoms with van der Waals surface area (Å²) in [6, 6.07) is 8.45. The largest absolute Gasteiger partial charge is 0.478 e. The summed E-state index contributed by atoms with van der Waals surface area (Å²) < 4.78 is 85.0. The number of rotatable bonds is 12. The highest BCUT2D eigenvalue weighted by Crippen LogP contribution is 2.29. The summed E-state index contributed by atoms with van der Waals surface area (Å²) in [6.45, 7) is 6.66. The minimum Gasteiger partial charge on any atom is -0.478 e. The van der Waals surface area contributed by atoms with Crippen LogP contribution in [-0.4, -0.2) is 86.1 Å². The second-order valence-electron chi connectivity index (χ2n) is 15.3. The molecule has 0 spiro atoms. The lowest BCUT2D eigenvalue weighted by Crippen LogP contribution is -2.19. The summed E-state index contributed by atoms with van der Waals surface area (Å²) in [5, 5.41) is 34.0.